The number of nitrogens with zero attached hydrogens (tertiary/aromatic N) is 2. The van der Waals surface area contributed by atoms with E-state index in [4.69, 9.17) is 0 Å². The van der Waals surface area contributed by atoms with Crippen LogP contribution in [0.1, 0.15) is 11.1 Å². The van der Waals surface area contributed by atoms with Crippen LogP contribution in [-0.4, -0.2) is 35.3 Å². The molecule has 1 atom stereocenters. The van der Waals surface area contributed by atoms with Crippen LogP contribution in [-0.2, 0) is 12.8 Å². The number of hydrogen-bond acceptors (Lipinski definition) is 3. The fourth-order valence-electron chi connectivity index (χ4n) is 2.66. The SMILES string of the molecule is CN(CCc1ccncc1)CC1Cc2ccccc2S1. The summed E-state index contributed by atoms with van der Waals surface area (Å²) in [5, 5.41) is 0.704. The third-order valence-corrected chi connectivity index (χ3v) is 5.06. The summed E-state index contributed by atoms with van der Waals surface area (Å²) in [5.74, 6) is 0. The molecule has 1 unspecified atom stereocenters. The number of likely N-dealkylation sites (N-methyl/N-ethyl adjacent to an activating group) is 1. The van der Waals surface area contributed by atoms with Crippen LogP contribution in [0.2, 0.25) is 0 Å². The standard InChI is InChI=1S/C17H20N2S/c1-19(11-8-14-6-9-18-10-7-14)13-16-12-15-4-2-3-5-17(15)20-16/h2-7,9-10,16H,8,11-13H2,1H3. The number of fused-ring (bicyclic) bond motifs is 1. The lowest BCUT2D eigenvalue weighted by molar-refractivity contribution is 0.339. The van der Waals surface area contributed by atoms with E-state index in [0.29, 0.717) is 5.25 Å². The predicted octanol–water partition coefficient (Wildman–Crippen LogP) is 3.27. The summed E-state index contributed by atoms with van der Waals surface area (Å²) in [6.45, 7) is 2.27. The van der Waals surface area contributed by atoms with Gasteiger partial charge in [0.1, 0.15) is 0 Å². The molecule has 2 heterocycles. The normalized spacial score (nSPS) is 17.4. The summed E-state index contributed by atoms with van der Waals surface area (Å²) < 4.78 is 0. The van der Waals surface area contributed by atoms with Gasteiger partial charge in [-0.3, -0.25) is 4.98 Å². The van der Waals surface area contributed by atoms with Crippen LogP contribution in [0.5, 0.6) is 0 Å². The molecule has 0 saturated carbocycles. The van der Waals surface area contributed by atoms with E-state index in [-0.39, 0.29) is 0 Å². The topological polar surface area (TPSA) is 16.1 Å². The highest BCUT2D eigenvalue weighted by Crippen LogP contribution is 2.36. The summed E-state index contributed by atoms with van der Waals surface area (Å²) >= 11 is 2.03. The Bertz CT molecular complexity index is 531. The molecule has 0 aliphatic carbocycles. The lowest BCUT2D eigenvalue weighted by Crippen LogP contribution is -2.29. The first kappa shape index (κ1) is 13.7. The molecule has 0 N–H and O–H groups in total. The quantitative estimate of drug-likeness (QED) is 0.838. The first-order chi connectivity index (χ1) is 9.81. The fraction of sp³-hybridized carbons (Fsp3) is 0.353. The summed E-state index contributed by atoms with van der Waals surface area (Å²) in [6, 6.07) is 13.0. The molecule has 1 aliphatic rings. The number of aromatic nitrogens is 1. The number of pyridine rings is 1. The fourth-order valence-corrected chi connectivity index (χ4v) is 4.07. The minimum atomic E-state index is 0.704. The molecule has 0 saturated heterocycles. The maximum Gasteiger partial charge on any atom is 0.0270 e. The van der Waals surface area contributed by atoms with E-state index < -0.39 is 0 Å². The summed E-state index contributed by atoms with van der Waals surface area (Å²) in [5.41, 5.74) is 2.89. The van der Waals surface area contributed by atoms with Crippen molar-refractivity contribution in [2.24, 2.45) is 0 Å². The molecule has 20 heavy (non-hydrogen) atoms. The Labute approximate surface area is 125 Å². The molecule has 1 aromatic heterocycles. The van der Waals surface area contributed by atoms with Crippen molar-refractivity contribution in [1.82, 2.24) is 9.88 Å². The zero-order chi connectivity index (χ0) is 13.8. The van der Waals surface area contributed by atoms with E-state index in [1.165, 1.54) is 22.4 Å². The highest BCUT2D eigenvalue weighted by Gasteiger charge is 2.22. The predicted molar refractivity (Wildman–Crippen MR) is 85.2 cm³/mol. The summed E-state index contributed by atoms with van der Waals surface area (Å²) in [4.78, 5) is 7.98. The van der Waals surface area contributed by atoms with Crippen molar-refractivity contribution >= 4 is 11.8 Å². The molecule has 2 nitrogen and oxygen atoms in total. The molecule has 0 amide bonds. The van der Waals surface area contributed by atoms with Gasteiger partial charge < -0.3 is 4.90 Å². The van der Waals surface area contributed by atoms with Crippen molar-refractivity contribution in [1.29, 1.82) is 0 Å². The van der Waals surface area contributed by atoms with E-state index in [2.05, 4.69) is 53.3 Å². The zero-order valence-corrected chi connectivity index (χ0v) is 12.6. The van der Waals surface area contributed by atoms with Crippen LogP contribution in [0.15, 0.2) is 53.7 Å². The van der Waals surface area contributed by atoms with Gasteiger partial charge in [0.25, 0.3) is 0 Å². The largest absolute Gasteiger partial charge is 0.305 e. The lowest BCUT2D eigenvalue weighted by atomic mass is 10.1. The van der Waals surface area contributed by atoms with Crippen molar-refractivity contribution < 1.29 is 0 Å². The Hall–Kier alpha value is -1.32. The number of hydrogen-bond donors (Lipinski definition) is 0. The third-order valence-electron chi connectivity index (χ3n) is 3.76. The maximum absolute atomic E-state index is 4.06. The summed E-state index contributed by atoms with van der Waals surface area (Å²) in [6.07, 6.45) is 6.06. The van der Waals surface area contributed by atoms with Crippen LogP contribution < -0.4 is 0 Å². The van der Waals surface area contributed by atoms with Gasteiger partial charge in [-0.05, 0) is 49.2 Å². The van der Waals surface area contributed by atoms with Crippen molar-refractivity contribution in [2.75, 3.05) is 20.1 Å². The van der Waals surface area contributed by atoms with Gasteiger partial charge in [-0.25, -0.2) is 0 Å². The van der Waals surface area contributed by atoms with Crippen LogP contribution in [0.25, 0.3) is 0 Å². The lowest BCUT2D eigenvalue weighted by Gasteiger charge is -2.20. The van der Waals surface area contributed by atoms with Gasteiger partial charge in [-0.1, -0.05) is 18.2 Å². The molecular formula is C17H20N2S. The van der Waals surface area contributed by atoms with Gasteiger partial charge in [0, 0.05) is 35.6 Å². The maximum atomic E-state index is 4.06. The molecular weight excluding hydrogens is 264 g/mol. The first-order valence-electron chi connectivity index (χ1n) is 7.13. The van der Waals surface area contributed by atoms with E-state index in [9.17, 15) is 0 Å². The second-order valence-corrected chi connectivity index (χ2v) is 6.76. The molecule has 3 rings (SSSR count). The number of rotatable bonds is 5. The molecule has 0 fully saturated rings. The second-order valence-electron chi connectivity index (χ2n) is 5.42. The highest BCUT2D eigenvalue weighted by atomic mass is 32.2. The van der Waals surface area contributed by atoms with Gasteiger partial charge >= 0.3 is 0 Å². The Balaban J connectivity index is 1.47. The molecule has 2 aromatic rings. The molecule has 0 radical (unpaired) electrons. The average molecular weight is 284 g/mol. The second kappa shape index (κ2) is 6.42. The van der Waals surface area contributed by atoms with E-state index in [0.717, 1.165) is 19.5 Å². The Morgan fingerprint density at radius 1 is 1.20 bits per heavy atom. The van der Waals surface area contributed by atoms with Gasteiger partial charge in [0.05, 0.1) is 0 Å². The Morgan fingerprint density at radius 3 is 2.80 bits per heavy atom. The highest BCUT2D eigenvalue weighted by molar-refractivity contribution is 8.00. The van der Waals surface area contributed by atoms with E-state index in [1.807, 2.05) is 24.2 Å². The van der Waals surface area contributed by atoms with Gasteiger partial charge in [-0.2, -0.15) is 0 Å². The monoisotopic (exact) mass is 284 g/mol. The van der Waals surface area contributed by atoms with Gasteiger partial charge in [0.15, 0.2) is 0 Å². The minimum Gasteiger partial charge on any atom is -0.305 e. The van der Waals surface area contributed by atoms with Crippen LogP contribution in [0.3, 0.4) is 0 Å². The molecule has 0 spiro atoms. The Kier molecular flexibility index (Phi) is 4.38. The van der Waals surface area contributed by atoms with Crippen molar-refractivity contribution in [3.8, 4) is 0 Å². The minimum absolute atomic E-state index is 0.704. The van der Waals surface area contributed by atoms with Crippen LogP contribution in [0.4, 0.5) is 0 Å². The van der Waals surface area contributed by atoms with E-state index in [1.54, 1.807) is 0 Å². The third kappa shape index (κ3) is 3.41. The number of thioether (sulfide) groups is 1. The molecule has 104 valence electrons. The average Bonchev–Trinajstić information content (AvgIpc) is 2.88. The zero-order valence-electron chi connectivity index (χ0n) is 11.8. The van der Waals surface area contributed by atoms with Gasteiger partial charge in [0.2, 0.25) is 0 Å². The van der Waals surface area contributed by atoms with Crippen molar-refractivity contribution in [2.45, 2.75) is 23.0 Å². The summed E-state index contributed by atoms with van der Waals surface area (Å²) in [7, 11) is 2.23. The molecule has 0 bridgehead atoms. The first-order valence-corrected chi connectivity index (χ1v) is 8.01. The Morgan fingerprint density at radius 2 is 2.00 bits per heavy atom. The van der Waals surface area contributed by atoms with Crippen LogP contribution in [0, 0.1) is 0 Å². The van der Waals surface area contributed by atoms with Crippen molar-refractivity contribution in [3.05, 3.63) is 59.9 Å². The van der Waals surface area contributed by atoms with Crippen molar-refractivity contribution in [3.63, 3.8) is 0 Å². The number of benzene rings is 1. The molecule has 1 aromatic carbocycles. The van der Waals surface area contributed by atoms with E-state index >= 15 is 0 Å². The molecule has 1 aliphatic heterocycles. The molecule has 3 heteroatoms. The smallest absolute Gasteiger partial charge is 0.0270 e. The van der Waals surface area contributed by atoms with Crippen LogP contribution >= 0.6 is 11.8 Å². The van der Waals surface area contributed by atoms with Gasteiger partial charge in [-0.15, -0.1) is 11.8 Å².